The number of nitriles is 1. The highest BCUT2D eigenvalue weighted by Gasteiger charge is 2.51. The first-order valence-electron chi connectivity index (χ1n) is 11.4. The minimum absolute atomic E-state index is 0.0789. The maximum Gasteiger partial charge on any atom is 0.243 e. The van der Waals surface area contributed by atoms with Crippen LogP contribution in [0.15, 0.2) is 6.20 Å². The second kappa shape index (κ2) is 8.01. The molecule has 3 fully saturated rings. The monoisotopic (exact) mass is 412 g/mol. The molecule has 8 nitrogen and oxygen atoms in total. The highest BCUT2D eigenvalue weighted by atomic mass is 16.2. The SMILES string of the molecule is CCC(NC(=O)C1CC(n2cc(CC3(C#N)CCCCC3)nn2)C1)(C(N)=O)C1CC1. The highest BCUT2D eigenvalue weighted by Crippen LogP contribution is 2.44. The van der Waals surface area contributed by atoms with Crippen molar-refractivity contribution in [2.75, 3.05) is 0 Å². The molecule has 0 saturated heterocycles. The zero-order valence-electron chi connectivity index (χ0n) is 17.8. The average Bonchev–Trinajstić information content (AvgIpc) is 3.46. The number of hydrogen-bond acceptors (Lipinski definition) is 5. The number of aromatic nitrogens is 3. The van der Waals surface area contributed by atoms with E-state index >= 15 is 0 Å². The Balaban J connectivity index is 1.33. The molecule has 0 aliphatic heterocycles. The number of rotatable bonds is 8. The van der Waals surface area contributed by atoms with Crippen LogP contribution in [0.2, 0.25) is 0 Å². The van der Waals surface area contributed by atoms with E-state index < -0.39 is 11.4 Å². The van der Waals surface area contributed by atoms with Gasteiger partial charge in [0.2, 0.25) is 11.8 Å². The normalized spacial score (nSPS) is 27.3. The van der Waals surface area contributed by atoms with E-state index in [9.17, 15) is 14.9 Å². The van der Waals surface area contributed by atoms with Crippen molar-refractivity contribution < 1.29 is 9.59 Å². The highest BCUT2D eigenvalue weighted by molar-refractivity contribution is 5.92. The zero-order chi connectivity index (χ0) is 21.4. The molecule has 1 atom stereocenters. The van der Waals surface area contributed by atoms with Gasteiger partial charge in [0.1, 0.15) is 5.54 Å². The Hall–Kier alpha value is -2.43. The minimum atomic E-state index is -0.895. The van der Waals surface area contributed by atoms with Crippen molar-refractivity contribution in [1.29, 1.82) is 5.26 Å². The summed E-state index contributed by atoms with van der Waals surface area (Å²) in [6.07, 6.45) is 11.6. The summed E-state index contributed by atoms with van der Waals surface area (Å²) in [7, 11) is 0. The van der Waals surface area contributed by atoms with Crippen LogP contribution < -0.4 is 11.1 Å². The molecule has 3 N–H and O–H groups in total. The Bertz CT molecular complexity index is 842. The van der Waals surface area contributed by atoms with Crippen LogP contribution in [-0.4, -0.2) is 32.3 Å². The Kier molecular flexibility index (Phi) is 5.56. The lowest BCUT2D eigenvalue weighted by Gasteiger charge is -2.38. The molecular formula is C22H32N6O2. The molecule has 1 heterocycles. The van der Waals surface area contributed by atoms with Crippen LogP contribution >= 0.6 is 0 Å². The van der Waals surface area contributed by atoms with E-state index in [0.717, 1.165) is 44.2 Å². The van der Waals surface area contributed by atoms with Crippen molar-refractivity contribution in [3.8, 4) is 6.07 Å². The summed E-state index contributed by atoms with van der Waals surface area (Å²) in [4.78, 5) is 24.8. The van der Waals surface area contributed by atoms with Crippen molar-refractivity contribution in [3.63, 3.8) is 0 Å². The van der Waals surface area contributed by atoms with Gasteiger partial charge in [-0.15, -0.1) is 5.10 Å². The van der Waals surface area contributed by atoms with Gasteiger partial charge in [-0.1, -0.05) is 31.4 Å². The Morgan fingerprint density at radius 3 is 2.60 bits per heavy atom. The van der Waals surface area contributed by atoms with Gasteiger partial charge in [-0.25, -0.2) is 4.68 Å². The van der Waals surface area contributed by atoms with E-state index in [-0.39, 0.29) is 29.2 Å². The number of hydrogen-bond donors (Lipinski definition) is 2. The summed E-state index contributed by atoms with van der Waals surface area (Å²) in [6.45, 7) is 1.91. The molecule has 0 aromatic carbocycles. The van der Waals surface area contributed by atoms with E-state index in [2.05, 4.69) is 21.7 Å². The Labute approximate surface area is 177 Å². The number of carbonyl (C=O) groups excluding carboxylic acids is 2. The molecule has 0 spiro atoms. The van der Waals surface area contributed by atoms with Crippen LogP contribution in [0.4, 0.5) is 0 Å². The molecule has 0 radical (unpaired) electrons. The molecule has 30 heavy (non-hydrogen) atoms. The summed E-state index contributed by atoms with van der Waals surface area (Å²) < 4.78 is 1.84. The standard InChI is InChI=1S/C22H32N6O2/c1-2-22(20(24)30,16-6-7-16)25-19(29)15-10-18(11-15)28-13-17(26-27-28)12-21(14-23)8-4-3-5-9-21/h13,15-16,18H,2-12H2,1H3,(H2,24,30)(H,25,29). The van der Waals surface area contributed by atoms with Crippen molar-refractivity contribution in [1.82, 2.24) is 20.3 Å². The Morgan fingerprint density at radius 1 is 1.33 bits per heavy atom. The topological polar surface area (TPSA) is 127 Å². The Morgan fingerprint density at radius 2 is 2.03 bits per heavy atom. The lowest BCUT2D eigenvalue weighted by atomic mass is 9.72. The van der Waals surface area contributed by atoms with Gasteiger partial charge < -0.3 is 11.1 Å². The van der Waals surface area contributed by atoms with Crippen LogP contribution in [0.1, 0.15) is 82.9 Å². The third-order valence-electron chi connectivity index (χ3n) is 7.60. The van der Waals surface area contributed by atoms with Crippen molar-refractivity contribution in [2.24, 2.45) is 23.0 Å². The predicted octanol–water partition coefficient (Wildman–Crippen LogP) is 2.41. The fourth-order valence-electron chi connectivity index (χ4n) is 5.31. The molecule has 1 unspecified atom stereocenters. The lowest BCUT2D eigenvalue weighted by molar-refractivity contribution is -0.137. The molecule has 4 rings (SSSR count). The van der Waals surface area contributed by atoms with E-state index in [4.69, 9.17) is 5.73 Å². The van der Waals surface area contributed by atoms with Gasteiger partial charge in [0.25, 0.3) is 0 Å². The number of amides is 2. The quantitative estimate of drug-likeness (QED) is 0.678. The van der Waals surface area contributed by atoms with Crippen LogP contribution in [0, 0.1) is 28.6 Å². The molecule has 2 amide bonds. The van der Waals surface area contributed by atoms with Crippen LogP contribution in [0.5, 0.6) is 0 Å². The zero-order valence-corrected chi connectivity index (χ0v) is 17.8. The summed E-state index contributed by atoms with van der Waals surface area (Å²) in [5.41, 5.74) is 5.31. The molecule has 3 saturated carbocycles. The smallest absolute Gasteiger partial charge is 0.243 e. The van der Waals surface area contributed by atoms with E-state index in [1.54, 1.807) is 0 Å². The van der Waals surface area contributed by atoms with Crippen molar-refractivity contribution in [2.45, 2.75) is 89.1 Å². The molecule has 1 aromatic heterocycles. The van der Waals surface area contributed by atoms with Crippen LogP contribution in [0.3, 0.4) is 0 Å². The molecule has 1 aromatic rings. The van der Waals surface area contributed by atoms with Crippen molar-refractivity contribution >= 4 is 11.8 Å². The van der Waals surface area contributed by atoms with Gasteiger partial charge >= 0.3 is 0 Å². The largest absolute Gasteiger partial charge is 0.368 e. The molecule has 0 bridgehead atoms. The molecule has 3 aliphatic carbocycles. The molecular weight excluding hydrogens is 380 g/mol. The van der Waals surface area contributed by atoms with Crippen molar-refractivity contribution in [3.05, 3.63) is 11.9 Å². The van der Waals surface area contributed by atoms with Gasteiger partial charge in [-0.3, -0.25) is 9.59 Å². The maximum atomic E-state index is 12.8. The van der Waals surface area contributed by atoms with Crippen LogP contribution in [0.25, 0.3) is 0 Å². The summed E-state index contributed by atoms with van der Waals surface area (Å²) in [6, 6.07) is 2.67. The molecule has 162 valence electrons. The number of nitrogens with two attached hydrogens (primary N) is 1. The number of carbonyl (C=O) groups is 2. The lowest BCUT2D eigenvalue weighted by Crippen LogP contribution is -2.60. The van der Waals surface area contributed by atoms with E-state index in [1.807, 2.05) is 17.8 Å². The fraction of sp³-hybridized carbons (Fsp3) is 0.773. The second-order valence-corrected chi connectivity index (χ2v) is 9.59. The number of nitrogens with one attached hydrogen (secondary N) is 1. The van der Waals surface area contributed by atoms with Gasteiger partial charge in [-0.05, 0) is 50.9 Å². The second-order valence-electron chi connectivity index (χ2n) is 9.59. The first kappa shape index (κ1) is 20.8. The van der Waals surface area contributed by atoms with E-state index in [1.165, 1.54) is 6.42 Å². The first-order chi connectivity index (χ1) is 14.4. The summed E-state index contributed by atoms with van der Waals surface area (Å²) >= 11 is 0. The van der Waals surface area contributed by atoms with Gasteiger partial charge in [0.05, 0.1) is 23.2 Å². The van der Waals surface area contributed by atoms with Gasteiger partial charge in [-0.2, -0.15) is 5.26 Å². The number of nitrogens with zero attached hydrogens (tertiary/aromatic N) is 4. The maximum absolute atomic E-state index is 12.8. The minimum Gasteiger partial charge on any atom is -0.368 e. The van der Waals surface area contributed by atoms with Gasteiger partial charge in [0.15, 0.2) is 0 Å². The average molecular weight is 413 g/mol. The molecule has 8 heteroatoms. The number of primary amides is 1. The fourth-order valence-corrected chi connectivity index (χ4v) is 5.31. The third kappa shape index (κ3) is 3.82. The third-order valence-corrected chi connectivity index (χ3v) is 7.60. The summed E-state index contributed by atoms with van der Waals surface area (Å²) in [5.74, 6) is -0.461. The van der Waals surface area contributed by atoms with Gasteiger partial charge in [0, 0.05) is 18.5 Å². The predicted molar refractivity (Wildman–Crippen MR) is 110 cm³/mol. The summed E-state index contributed by atoms with van der Waals surface area (Å²) in [5, 5.41) is 21.3. The molecule has 3 aliphatic rings. The van der Waals surface area contributed by atoms with E-state index in [0.29, 0.717) is 25.7 Å². The first-order valence-corrected chi connectivity index (χ1v) is 11.4. The van der Waals surface area contributed by atoms with Crippen LogP contribution in [-0.2, 0) is 16.0 Å².